The summed E-state index contributed by atoms with van der Waals surface area (Å²) in [5.74, 6) is 0.738. The molecule has 18 heavy (non-hydrogen) atoms. The first-order valence-electron chi connectivity index (χ1n) is 5.75. The number of nitrogens with zero attached hydrogens (tertiary/aromatic N) is 1. The molecule has 0 aliphatic heterocycles. The fraction of sp³-hybridized carbons (Fsp3) is 0.500. The van der Waals surface area contributed by atoms with Crippen LogP contribution in [0.15, 0.2) is 18.2 Å². The third kappa shape index (κ3) is 4.21. The maximum Gasteiger partial charge on any atom is 0.275 e. The van der Waals surface area contributed by atoms with Gasteiger partial charge in [0, 0.05) is 31.0 Å². The van der Waals surface area contributed by atoms with Gasteiger partial charge in [0.15, 0.2) is 0 Å². The smallest absolute Gasteiger partial charge is 0.275 e. The van der Waals surface area contributed by atoms with Crippen molar-refractivity contribution in [3.8, 4) is 5.75 Å². The van der Waals surface area contributed by atoms with Crippen molar-refractivity contribution < 1.29 is 14.8 Å². The summed E-state index contributed by atoms with van der Waals surface area (Å²) in [7, 11) is 1.47. The van der Waals surface area contributed by atoms with Gasteiger partial charge in [-0.25, -0.2) is 0 Å². The molecule has 0 spiro atoms. The number of aliphatic hydroxyl groups excluding tert-OH is 1. The lowest BCUT2D eigenvalue weighted by Crippen LogP contribution is -2.12. The Hall–Kier alpha value is -1.82. The largest absolute Gasteiger partial charge is 0.496 e. The molecule has 0 saturated carbocycles. The fourth-order valence-electron chi connectivity index (χ4n) is 1.52. The van der Waals surface area contributed by atoms with Crippen LogP contribution in [0.1, 0.15) is 13.3 Å². The zero-order valence-electron chi connectivity index (χ0n) is 10.5. The summed E-state index contributed by atoms with van der Waals surface area (Å²) in [5.41, 5.74) is 0.637. The summed E-state index contributed by atoms with van der Waals surface area (Å²) >= 11 is 0. The van der Waals surface area contributed by atoms with Gasteiger partial charge in [0.1, 0.15) is 5.75 Å². The van der Waals surface area contributed by atoms with Crippen molar-refractivity contribution in [2.75, 3.05) is 25.6 Å². The summed E-state index contributed by atoms with van der Waals surface area (Å²) in [4.78, 5) is 10.3. The average molecular weight is 254 g/mol. The van der Waals surface area contributed by atoms with E-state index in [1.54, 1.807) is 6.07 Å². The van der Waals surface area contributed by atoms with Gasteiger partial charge in [-0.05, 0) is 12.3 Å². The van der Waals surface area contributed by atoms with Crippen LogP contribution in [0, 0.1) is 16.0 Å². The summed E-state index contributed by atoms with van der Waals surface area (Å²) in [6, 6.07) is 4.55. The molecule has 6 heteroatoms. The van der Waals surface area contributed by atoms with E-state index in [2.05, 4.69) is 5.32 Å². The first kappa shape index (κ1) is 14.2. The van der Waals surface area contributed by atoms with Crippen LogP contribution < -0.4 is 10.1 Å². The summed E-state index contributed by atoms with van der Waals surface area (Å²) in [6.07, 6.45) is 0.694. The highest BCUT2D eigenvalue weighted by atomic mass is 16.6. The first-order valence-corrected chi connectivity index (χ1v) is 5.75. The molecule has 0 bridgehead atoms. The van der Waals surface area contributed by atoms with Gasteiger partial charge in [-0.2, -0.15) is 0 Å². The molecular formula is C12H18N2O4. The Balaban J connectivity index is 2.75. The second kappa shape index (κ2) is 6.80. The molecule has 0 amide bonds. The van der Waals surface area contributed by atoms with Crippen molar-refractivity contribution >= 4 is 11.4 Å². The van der Waals surface area contributed by atoms with Crippen molar-refractivity contribution in [3.05, 3.63) is 28.3 Å². The Morgan fingerprint density at radius 1 is 1.50 bits per heavy atom. The van der Waals surface area contributed by atoms with E-state index in [0.717, 1.165) is 0 Å². The molecule has 0 aliphatic carbocycles. The van der Waals surface area contributed by atoms with E-state index in [-0.39, 0.29) is 12.3 Å². The van der Waals surface area contributed by atoms with E-state index in [9.17, 15) is 10.1 Å². The van der Waals surface area contributed by atoms with Gasteiger partial charge in [0.2, 0.25) is 0 Å². The van der Waals surface area contributed by atoms with Crippen LogP contribution >= 0.6 is 0 Å². The molecule has 2 N–H and O–H groups in total. The topological polar surface area (TPSA) is 84.6 Å². The van der Waals surface area contributed by atoms with Gasteiger partial charge in [0.25, 0.3) is 5.69 Å². The molecule has 1 atom stereocenters. The maximum absolute atomic E-state index is 10.8. The summed E-state index contributed by atoms with van der Waals surface area (Å²) in [5, 5.41) is 22.7. The number of aliphatic hydroxyl groups is 1. The fourth-order valence-corrected chi connectivity index (χ4v) is 1.52. The Bertz CT molecular complexity index is 409. The zero-order valence-corrected chi connectivity index (χ0v) is 10.5. The number of nitrogens with one attached hydrogen (secondary N) is 1. The number of nitro groups is 1. The minimum atomic E-state index is -0.454. The van der Waals surface area contributed by atoms with E-state index in [0.29, 0.717) is 30.3 Å². The van der Waals surface area contributed by atoms with Crippen LogP contribution in [0.5, 0.6) is 5.75 Å². The molecule has 0 heterocycles. The maximum atomic E-state index is 10.8. The molecule has 0 radical (unpaired) electrons. The minimum absolute atomic E-state index is 0.00772. The molecule has 1 unspecified atom stereocenters. The Morgan fingerprint density at radius 2 is 2.22 bits per heavy atom. The van der Waals surface area contributed by atoms with Crippen LogP contribution in [-0.2, 0) is 0 Å². The summed E-state index contributed by atoms with van der Waals surface area (Å²) < 4.78 is 5.02. The van der Waals surface area contributed by atoms with Crippen LogP contribution in [-0.4, -0.2) is 30.3 Å². The van der Waals surface area contributed by atoms with Gasteiger partial charge in [-0.1, -0.05) is 6.92 Å². The van der Waals surface area contributed by atoms with E-state index >= 15 is 0 Å². The van der Waals surface area contributed by atoms with Crippen LogP contribution in [0.4, 0.5) is 11.4 Å². The molecule has 1 aromatic carbocycles. The number of anilines is 1. The van der Waals surface area contributed by atoms with Gasteiger partial charge in [0.05, 0.1) is 18.1 Å². The number of rotatable bonds is 7. The normalized spacial score (nSPS) is 11.9. The SMILES string of the molecule is COc1cc(NCC(C)CCO)cc([N+](=O)[O-])c1. The van der Waals surface area contributed by atoms with Crippen LogP contribution in [0.25, 0.3) is 0 Å². The molecule has 0 fully saturated rings. The lowest BCUT2D eigenvalue weighted by molar-refractivity contribution is -0.384. The van der Waals surface area contributed by atoms with Crippen LogP contribution in [0.3, 0.4) is 0 Å². The predicted octanol–water partition coefficient (Wildman–Crippen LogP) is 2.03. The average Bonchev–Trinajstić information content (AvgIpc) is 2.36. The van der Waals surface area contributed by atoms with Gasteiger partial charge >= 0.3 is 0 Å². The molecule has 6 nitrogen and oxygen atoms in total. The monoisotopic (exact) mass is 254 g/mol. The molecule has 0 saturated heterocycles. The standard InChI is InChI=1S/C12H18N2O4/c1-9(3-4-15)8-13-10-5-11(14(16)17)7-12(6-10)18-2/h5-7,9,13,15H,3-4,8H2,1-2H3. The van der Waals surface area contributed by atoms with E-state index in [4.69, 9.17) is 9.84 Å². The molecule has 1 aromatic rings. The third-order valence-corrected chi connectivity index (χ3v) is 2.61. The molecular weight excluding hydrogens is 236 g/mol. The second-order valence-corrected chi connectivity index (χ2v) is 4.18. The van der Waals surface area contributed by atoms with Gasteiger partial charge in [-0.3, -0.25) is 10.1 Å². The molecule has 1 rings (SSSR count). The molecule has 100 valence electrons. The predicted molar refractivity (Wildman–Crippen MR) is 69.0 cm³/mol. The van der Waals surface area contributed by atoms with E-state index in [1.165, 1.54) is 19.2 Å². The van der Waals surface area contributed by atoms with Crippen molar-refractivity contribution in [2.24, 2.45) is 5.92 Å². The highest BCUT2D eigenvalue weighted by Gasteiger charge is 2.10. The number of hydrogen-bond donors (Lipinski definition) is 2. The van der Waals surface area contributed by atoms with Crippen molar-refractivity contribution in [1.82, 2.24) is 0 Å². The lowest BCUT2D eigenvalue weighted by atomic mass is 10.1. The quantitative estimate of drug-likeness (QED) is 0.574. The van der Waals surface area contributed by atoms with Gasteiger partial charge in [-0.15, -0.1) is 0 Å². The minimum Gasteiger partial charge on any atom is -0.496 e. The van der Waals surface area contributed by atoms with Crippen LogP contribution in [0.2, 0.25) is 0 Å². The van der Waals surface area contributed by atoms with E-state index < -0.39 is 4.92 Å². The Kier molecular flexibility index (Phi) is 5.38. The third-order valence-electron chi connectivity index (χ3n) is 2.61. The first-order chi connectivity index (χ1) is 8.56. The van der Waals surface area contributed by atoms with E-state index in [1.807, 2.05) is 6.92 Å². The van der Waals surface area contributed by atoms with Crippen molar-refractivity contribution in [3.63, 3.8) is 0 Å². The zero-order chi connectivity index (χ0) is 13.5. The number of ether oxygens (including phenoxy) is 1. The highest BCUT2D eigenvalue weighted by Crippen LogP contribution is 2.25. The number of benzene rings is 1. The number of hydrogen-bond acceptors (Lipinski definition) is 5. The second-order valence-electron chi connectivity index (χ2n) is 4.18. The lowest BCUT2D eigenvalue weighted by Gasteiger charge is -2.12. The molecule has 0 aliphatic rings. The van der Waals surface area contributed by atoms with Crippen molar-refractivity contribution in [2.45, 2.75) is 13.3 Å². The number of methoxy groups -OCH3 is 1. The Labute approximate surface area is 106 Å². The number of nitro benzene ring substituents is 1. The van der Waals surface area contributed by atoms with Crippen molar-refractivity contribution in [1.29, 1.82) is 0 Å². The highest BCUT2D eigenvalue weighted by molar-refractivity contribution is 5.56. The summed E-state index contributed by atoms with van der Waals surface area (Å²) in [6.45, 7) is 2.78. The number of non-ortho nitro benzene ring substituents is 1. The Morgan fingerprint density at radius 3 is 2.78 bits per heavy atom. The molecule has 0 aromatic heterocycles. The van der Waals surface area contributed by atoms with Gasteiger partial charge < -0.3 is 15.2 Å².